The van der Waals surface area contributed by atoms with Gasteiger partial charge in [0, 0.05) is 75.9 Å². The van der Waals surface area contributed by atoms with Crippen molar-refractivity contribution in [2.45, 2.75) is 64.8 Å². The molecule has 2 aliphatic heterocycles. The molecule has 46 heavy (non-hydrogen) atoms. The highest BCUT2D eigenvalue weighted by Crippen LogP contribution is 2.61. The predicted molar refractivity (Wildman–Crippen MR) is 177 cm³/mol. The number of anilines is 2. The van der Waals surface area contributed by atoms with E-state index in [1.54, 1.807) is 12.1 Å². The van der Waals surface area contributed by atoms with Crippen LogP contribution in [0.25, 0.3) is 0 Å². The van der Waals surface area contributed by atoms with Crippen molar-refractivity contribution in [3.8, 4) is 0 Å². The third kappa shape index (κ3) is 6.40. The van der Waals surface area contributed by atoms with Gasteiger partial charge in [-0.2, -0.15) is 0 Å². The Hall–Kier alpha value is -3.46. The summed E-state index contributed by atoms with van der Waals surface area (Å²) in [6.45, 7) is 9.89. The van der Waals surface area contributed by atoms with E-state index in [0.717, 1.165) is 49.6 Å². The Morgan fingerprint density at radius 3 is 2.04 bits per heavy atom. The van der Waals surface area contributed by atoms with Crippen molar-refractivity contribution in [3.63, 3.8) is 0 Å². The van der Waals surface area contributed by atoms with Crippen LogP contribution in [0.1, 0.15) is 79.5 Å². The number of rotatable bonds is 7. The minimum atomic E-state index is -0.475. The van der Waals surface area contributed by atoms with E-state index in [1.807, 2.05) is 21.9 Å². The highest BCUT2D eigenvalue weighted by molar-refractivity contribution is 6.07. The number of hydrogen-bond acceptors (Lipinski definition) is 5. The first-order valence-corrected chi connectivity index (χ1v) is 17.4. The molecular formula is C37H48FN5O3. The average Bonchev–Trinajstić information content (AvgIpc) is 3.03. The maximum absolute atomic E-state index is 13.9. The molecular weight excluding hydrogens is 581 g/mol. The number of nitrogens with zero attached hydrogens (tertiary/aromatic N) is 4. The quantitative estimate of drug-likeness (QED) is 0.438. The SMILES string of the molecule is CC(C)N1CCN(c2ccc(C(=O)N3CCN(C(=O)CC45CC6CC(CC(C6)C4)C5)CC3)cc2NC(=O)c2cccc(F)c2)CC1. The van der Waals surface area contributed by atoms with E-state index in [4.69, 9.17) is 0 Å². The molecule has 246 valence electrons. The van der Waals surface area contributed by atoms with Crippen LogP contribution in [0.3, 0.4) is 0 Å². The molecule has 6 fully saturated rings. The molecule has 0 unspecified atom stereocenters. The first-order valence-electron chi connectivity index (χ1n) is 17.4. The minimum Gasteiger partial charge on any atom is -0.367 e. The lowest BCUT2D eigenvalue weighted by atomic mass is 9.49. The Kier molecular flexibility index (Phi) is 8.55. The Bertz CT molecular complexity index is 1440. The maximum atomic E-state index is 13.9. The maximum Gasteiger partial charge on any atom is 0.255 e. The Balaban J connectivity index is 1.02. The van der Waals surface area contributed by atoms with Crippen molar-refractivity contribution in [1.82, 2.24) is 14.7 Å². The highest BCUT2D eigenvalue weighted by Gasteiger charge is 2.51. The molecule has 8 rings (SSSR count). The molecule has 3 amide bonds. The first kappa shape index (κ1) is 31.2. The number of amides is 3. The molecule has 4 saturated carbocycles. The van der Waals surface area contributed by atoms with Gasteiger partial charge < -0.3 is 20.0 Å². The second-order valence-corrected chi connectivity index (χ2v) is 15.1. The van der Waals surface area contributed by atoms with Crippen molar-refractivity contribution in [1.29, 1.82) is 0 Å². The molecule has 8 nitrogen and oxygen atoms in total. The Morgan fingerprint density at radius 1 is 0.804 bits per heavy atom. The third-order valence-corrected chi connectivity index (χ3v) is 11.6. The van der Waals surface area contributed by atoms with Gasteiger partial charge in [-0.05, 0) is 112 Å². The van der Waals surface area contributed by atoms with Crippen molar-refractivity contribution in [2.75, 3.05) is 62.6 Å². The second kappa shape index (κ2) is 12.6. The standard InChI is InChI=1S/C37H48FN5O3/c1-25(2)40-8-10-41(11-9-40)33-7-6-30(20-32(33)39-35(45)29-4-3-5-31(38)19-29)36(46)43-14-12-42(13-15-43)34(44)24-37-21-26-16-27(22-37)18-28(17-26)23-37/h3-7,19-20,25-28H,8-18,21-24H2,1-2H3,(H,39,45). The topological polar surface area (TPSA) is 76.2 Å². The van der Waals surface area contributed by atoms with Crippen molar-refractivity contribution in [3.05, 3.63) is 59.4 Å². The van der Waals surface area contributed by atoms with Gasteiger partial charge in [0.05, 0.1) is 11.4 Å². The predicted octanol–water partition coefficient (Wildman–Crippen LogP) is 5.50. The Morgan fingerprint density at radius 2 is 1.43 bits per heavy atom. The molecule has 6 aliphatic rings. The van der Waals surface area contributed by atoms with E-state index in [9.17, 15) is 18.8 Å². The summed E-state index contributed by atoms with van der Waals surface area (Å²) in [5, 5.41) is 2.98. The largest absolute Gasteiger partial charge is 0.367 e. The summed E-state index contributed by atoms with van der Waals surface area (Å²) >= 11 is 0. The van der Waals surface area contributed by atoms with Crippen molar-refractivity contribution >= 4 is 29.1 Å². The van der Waals surface area contributed by atoms with Crippen LogP contribution < -0.4 is 10.2 Å². The molecule has 4 bridgehead atoms. The van der Waals surface area contributed by atoms with Crippen LogP contribution in [-0.2, 0) is 4.79 Å². The smallest absolute Gasteiger partial charge is 0.255 e. The van der Waals surface area contributed by atoms with Crippen molar-refractivity contribution in [2.24, 2.45) is 23.2 Å². The zero-order valence-corrected chi connectivity index (χ0v) is 27.3. The van der Waals surface area contributed by atoms with E-state index in [1.165, 1.54) is 56.7 Å². The normalized spacial score (nSPS) is 27.7. The van der Waals surface area contributed by atoms with Crippen molar-refractivity contribution < 1.29 is 18.8 Å². The third-order valence-electron chi connectivity index (χ3n) is 11.6. The van der Waals surface area contributed by atoms with Gasteiger partial charge in [-0.3, -0.25) is 19.3 Å². The van der Waals surface area contributed by atoms with Gasteiger partial charge in [0.1, 0.15) is 5.82 Å². The van der Waals surface area contributed by atoms with Gasteiger partial charge in [0.2, 0.25) is 5.91 Å². The van der Waals surface area contributed by atoms with Gasteiger partial charge in [0.25, 0.3) is 11.8 Å². The monoisotopic (exact) mass is 629 g/mol. The van der Waals surface area contributed by atoms with E-state index in [0.29, 0.717) is 49.9 Å². The van der Waals surface area contributed by atoms with Gasteiger partial charge in [-0.15, -0.1) is 0 Å². The highest BCUT2D eigenvalue weighted by atomic mass is 19.1. The number of carbonyl (C=O) groups is 3. The number of halogens is 1. The molecule has 1 N–H and O–H groups in total. The van der Waals surface area contributed by atoms with Gasteiger partial charge >= 0.3 is 0 Å². The molecule has 4 aliphatic carbocycles. The molecule has 2 saturated heterocycles. The minimum absolute atomic E-state index is 0.106. The zero-order chi connectivity index (χ0) is 32.0. The molecule has 2 aromatic carbocycles. The number of nitrogens with one attached hydrogen (secondary N) is 1. The molecule has 0 spiro atoms. The van der Waals surface area contributed by atoms with Crippen LogP contribution in [0.4, 0.5) is 15.8 Å². The molecule has 2 aromatic rings. The van der Waals surface area contributed by atoms with Crippen LogP contribution in [-0.4, -0.2) is 90.8 Å². The van der Waals surface area contributed by atoms with E-state index >= 15 is 0 Å². The van der Waals surface area contributed by atoms with Gasteiger partial charge in [0.15, 0.2) is 0 Å². The van der Waals surface area contributed by atoms with Crippen LogP contribution in [0.15, 0.2) is 42.5 Å². The summed E-state index contributed by atoms with van der Waals surface area (Å²) in [6, 6.07) is 11.6. The van der Waals surface area contributed by atoms with E-state index < -0.39 is 11.7 Å². The average molecular weight is 630 g/mol. The summed E-state index contributed by atoms with van der Waals surface area (Å²) in [5.41, 5.74) is 2.33. The lowest BCUT2D eigenvalue weighted by Crippen LogP contribution is -2.53. The number of benzene rings is 2. The molecule has 9 heteroatoms. The first-order chi connectivity index (χ1) is 22.1. The van der Waals surface area contributed by atoms with Crippen LogP contribution in [0.5, 0.6) is 0 Å². The number of carbonyl (C=O) groups excluding carboxylic acids is 3. The molecule has 2 heterocycles. The molecule has 0 aromatic heterocycles. The van der Waals surface area contributed by atoms with Gasteiger partial charge in [-0.1, -0.05) is 6.07 Å². The zero-order valence-electron chi connectivity index (χ0n) is 27.3. The van der Waals surface area contributed by atoms with Crippen LogP contribution in [0.2, 0.25) is 0 Å². The Labute approximate surface area is 272 Å². The fourth-order valence-electron chi connectivity index (χ4n) is 9.63. The lowest BCUT2D eigenvalue weighted by molar-refractivity contribution is -0.141. The number of hydrogen-bond donors (Lipinski definition) is 1. The summed E-state index contributed by atoms with van der Waals surface area (Å²) in [7, 11) is 0. The summed E-state index contributed by atoms with van der Waals surface area (Å²) < 4.78 is 13.9. The molecule has 0 atom stereocenters. The fraction of sp³-hybridized carbons (Fsp3) is 0.595. The second-order valence-electron chi connectivity index (χ2n) is 15.1. The van der Waals surface area contributed by atoms with Crippen LogP contribution >= 0.6 is 0 Å². The summed E-state index contributed by atoms with van der Waals surface area (Å²) in [5.74, 6) is 1.74. The van der Waals surface area contributed by atoms with Crippen LogP contribution in [0, 0.1) is 29.0 Å². The lowest BCUT2D eigenvalue weighted by Gasteiger charge is -2.57. The van der Waals surface area contributed by atoms with E-state index in [-0.39, 0.29) is 22.8 Å². The summed E-state index contributed by atoms with van der Waals surface area (Å²) in [4.78, 5) is 49.0. The summed E-state index contributed by atoms with van der Waals surface area (Å²) in [6.07, 6.45) is 8.48. The van der Waals surface area contributed by atoms with E-state index in [2.05, 4.69) is 29.0 Å². The fourth-order valence-corrected chi connectivity index (χ4v) is 9.63. The van der Waals surface area contributed by atoms with Gasteiger partial charge in [-0.25, -0.2) is 4.39 Å². The number of piperazine rings is 2. The molecule has 0 radical (unpaired) electrons.